The Hall–Kier alpha value is -3.88. The topological polar surface area (TPSA) is 133 Å². The summed E-state index contributed by atoms with van der Waals surface area (Å²) in [4.78, 5) is 65.2. The quantitative estimate of drug-likeness (QED) is 0.0807. The van der Waals surface area contributed by atoms with Crippen molar-refractivity contribution in [3.8, 4) is 5.75 Å². The lowest BCUT2D eigenvalue weighted by Gasteiger charge is -2.30. The zero-order valence-electron chi connectivity index (χ0n) is 23.0. The largest absolute Gasteiger partial charge is 0.426 e. The first-order chi connectivity index (χ1) is 18.6. The molecule has 0 saturated heterocycles. The minimum atomic E-state index is -2.30. The van der Waals surface area contributed by atoms with Crippen LogP contribution in [-0.2, 0) is 15.1 Å². The van der Waals surface area contributed by atoms with Crippen molar-refractivity contribution < 1.29 is 28.8 Å². The highest BCUT2D eigenvalue weighted by Gasteiger charge is 2.59. The number of nitrogens with zero attached hydrogens (tertiary/aromatic N) is 1. The molecule has 208 valence electrons. The van der Waals surface area contributed by atoms with Crippen molar-refractivity contribution >= 4 is 29.1 Å². The van der Waals surface area contributed by atoms with E-state index in [2.05, 4.69) is 5.32 Å². The highest BCUT2D eigenvalue weighted by Crippen LogP contribution is 2.45. The van der Waals surface area contributed by atoms with E-state index in [0.717, 1.165) is 37.3 Å². The van der Waals surface area contributed by atoms with Gasteiger partial charge in [0.25, 0.3) is 5.69 Å². The summed E-state index contributed by atoms with van der Waals surface area (Å²) in [7, 11) is 0. The fourth-order valence-electron chi connectivity index (χ4n) is 4.83. The number of ether oxygens (including phenoxy) is 1. The first-order valence-electron chi connectivity index (χ1n) is 13.6. The van der Waals surface area contributed by atoms with Crippen molar-refractivity contribution in [3.63, 3.8) is 0 Å². The van der Waals surface area contributed by atoms with Crippen LogP contribution in [0, 0.1) is 10.1 Å². The lowest BCUT2D eigenvalue weighted by Crippen LogP contribution is -2.54. The number of Topliss-reactive ketones (excluding diaryl/α,β-unsaturated/α-hetero) is 2. The van der Waals surface area contributed by atoms with Crippen LogP contribution < -0.4 is 10.1 Å². The lowest BCUT2D eigenvalue weighted by atomic mass is 9.82. The van der Waals surface area contributed by atoms with Crippen LogP contribution in [0.1, 0.15) is 117 Å². The highest BCUT2D eigenvalue weighted by molar-refractivity contribution is 6.35. The Bertz CT molecular complexity index is 1280. The van der Waals surface area contributed by atoms with E-state index in [4.69, 9.17) is 4.74 Å². The van der Waals surface area contributed by atoms with Gasteiger partial charge in [0.2, 0.25) is 17.5 Å². The van der Waals surface area contributed by atoms with Gasteiger partial charge in [0.1, 0.15) is 11.3 Å². The van der Waals surface area contributed by atoms with Crippen molar-refractivity contribution in [1.29, 1.82) is 0 Å². The monoisotopic (exact) mass is 536 g/mol. The number of amides is 1. The summed E-state index contributed by atoms with van der Waals surface area (Å²) in [5.74, 6) is -2.78. The van der Waals surface area contributed by atoms with Gasteiger partial charge in [0, 0.05) is 30.0 Å². The number of fused-ring (bicyclic) bond motifs is 1. The number of hydrogen-bond acceptors (Lipinski definition) is 7. The summed E-state index contributed by atoms with van der Waals surface area (Å²) < 4.78 is 5.75. The zero-order chi connectivity index (χ0) is 28.7. The molecule has 1 amide bonds. The van der Waals surface area contributed by atoms with E-state index in [0.29, 0.717) is 12.8 Å². The second kappa shape index (κ2) is 12.8. The summed E-state index contributed by atoms with van der Waals surface area (Å²) in [5, 5.41) is 14.4. The SMILES string of the molecule is CCCCCC(=O)NC1(c2ccc(C(C)C)cc2OC(=O)CCCCC)C(=O)c2cccc([N+](=O)[O-])c2C1=O. The maximum Gasteiger partial charge on any atom is 0.311 e. The minimum absolute atomic E-state index is 0.0138. The third-order valence-electron chi connectivity index (χ3n) is 7.01. The van der Waals surface area contributed by atoms with E-state index < -0.39 is 39.6 Å². The molecular formula is C30H36N2O7. The van der Waals surface area contributed by atoms with Gasteiger partial charge in [-0.1, -0.05) is 77.6 Å². The molecule has 0 fully saturated rings. The predicted molar refractivity (Wildman–Crippen MR) is 146 cm³/mol. The van der Waals surface area contributed by atoms with Crippen LogP contribution >= 0.6 is 0 Å². The molecule has 1 unspecified atom stereocenters. The highest BCUT2D eigenvalue weighted by atomic mass is 16.6. The molecule has 1 atom stereocenters. The summed E-state index contributed by atoms with van der Waals surface area (Å²) in [6.45, 7) is 7.88. The second-order valence-electron chi connectivity index (χ2n) is 10.2. The molecule has 0 aromatic heterocycles. The van der Waals surface area contributed by atoms with Gasteiger partial charge in [0.15, 0.2) is 5.54 Å². The molecular weight excluding hydrogens is 500 g/mol. The Morgan fingerprint density at radius 3 is 2.26 bits per heavy atom. The minimum Gasteiger partial charge on any atom is -0.426 e. The van der Waals surface area contributed by atoms with Gasteiger partial charge in [0.05, 0.1) is 4.92 Å². The molecule has 0 spiro atoms. The first kappa shape index (κ1) is 29.7. The van der Waals surface area contributed by atoms with E-state index in [1.807, 2.05) is 27.7 Å². The van der Waals surface area contributed by atoms with Crippen molar-refractivity contribution in [2.45, 2.75) is 90.5 Å². The number of rotatable bonds is 13. The molecule has 2 aromatic carbocycles. The standard InChI is InChI=1S/C30H36N2O7/c1-5-7-9-14-25(33)31-30(28(35)21-12-11-13-23(32(37)38)27(21)29(30)36)22-17-16-20(19(3)4)18-24(22)39-26(34)15-10-8-6-2/h11-13,16-19H,5-10,14-15H2,1-4H3,(H,31,33). The molecule has 39 heavy (non-hydrogen) atoms. The summed E-state index contributed by atoms with van der Waals surface area (Å²) in [5.41, 5.74) is -2.57. The number of esters is 1. The summed E-state index contributed by atoms with van der Waals surface area (Å²) in [6.07, 6.45) is 4.74. The number of hydrogen-bond donors (Lipinski definition) is 1. The lowest BCUT2D eigenvalue weighted by molar-refractivity contribution is -0.385. The van der Waals surface area contributed by atoms with Crippen molar-refractivity contribution in [2.24, 2.45) is 0 Å². The van der Waals surface area contributed by atoms with Crippen LogP contribution in [-0.4, -0.2) is 28.4 Å². The van der Waals surface area contributed by atoms with Crippen molar-refractivity contribution in [3.05, 3.63) is 68.8 Å². The Labute approximate surface area is 228 Å². The van der Waals surface area contributed by atoms with Crippen LogP contribution in [0.5, 0.6) is 5.75 Å². The number of carbonyl (C=O) groups excluding carboxylic acids is 4. The second-order valence-corrected chi connectivity index (χ2v) is 10.2. The Kier molecular flexibility index (Phi) is 9.72. The fourth-order valence-corrected chi connectivity index (χ4v) is 4.83. The van der Waals surface area contributed by atoms with E-state index in [9.17, 15) is 29.3 Å². The first-order valence-corrected chi connectivity index (χ1v) is 13.6. The van der Waals surface area contributed by atoms with Crippen LogP contribution in [0.4, 0.5) is 5.69 Å². The molecule has 0 radical (unpaired) electrons. The number of ketones is 2. The number of nitrogens with one attached hydrogen (secondary N) is 1. The molecule has 9 nitrogen and oxygen atoms in total. The van der Waals surface area contributed by atoms with Crippen LogP contribution in [0.2, 0.25) is 0 Å². The smallest absolute Gasteiger partial charge is 0.311 e. The molecule has 0 saturated carbocycles. The number of benzene rings is 2. The normalized spacial score (nSPS) is 16.3. The molecule has 3 rings (SSSR count). The average Bonchev–Trinajstić information content (AvgIpc) is 3.11. The fraction of sp³-hybridized carbons (Fsp3) is 0.467. The van der Waals surface area contributed by atoms with E-state index in [-0.39, 0.29) is 41.2 Å². The Morgan fingerprint density at radius 2 is 1.64 bits per heavy atom. The van der Waals surface area contributed by atoms with Gasteiger partial charge >= 0.3 is 5.97 Å². The van der Waals surface area contributed by atoms with Crippen LogP contribution in [0.15, 0.2) is 36.4 Å². The average molecular weight is 537 g/mol. The van der Waals surface area contributed by atoms with Gasteiger partial charge < -0.3 is 10.1 Å². The van der Waals surface area contributed by atoms with Crippen molar-refractivity contribution in [2.75, 3.05) is 0 Å². The molecule has 1 aliphatic carbocycles. The van der Waals surface area contributed by atoms with Gasteiger partial charge in [-0.3, -0.25) is 29.3 Å². The molecule has 1 aliphatic rings. The molecule has 9 heteroatoms. The Balaban J connectivity index is 2.21. The third-order valence-corrected chi connectivity index (χ3v) is 7.01. The predicted octanol–water partition coefficient (Wildman–Crippen LogP) is 6.17. The van der Waals surface area contributed by atoms with Crippen LogP contribution in [0.3, 0.4) is 0 Å². The molecule has 1 N–H and O–H groups in total. The van der Waals surface area contributed by atoms with E-state index in [1.54, 1.807) is 12.1 Å². The van der Waals surface area contributed by atoms with Gasteiger partial charge in [-0.15, -0.1) is 0 Å². The van der Waals surface area contributed by atoms with Gasteiger partial charge in [-0.2, -0.15) is 0 Å². The van der Waals surface area contributed by atoms with Crippen LogP contribution in [0.25, 0.3) is 0 Å². The van der Waals surface area contributed by atoms with E-state index in [1.165, 1.54) is 18.2 Å². The zero-order valence-corrected chi connectivity index (χ0v) is 23.0. The van der Waals surface area contributed by atoms with Gasteiger partial charge in [-0.05, 0) is 30.4 Å². The molecule has 0 aliphatic heterocycles. The molecule has 0 bridgehead atoms. The maximum atomic E-state index is 14.1. The third kappa shape index (κ3) is 6.08. The number of unbranched alkanes of at least 4 members (excludes halogenated alkanes) is 4. The summed E-state index contributed by atoms with van der Waals surface area (Å²) in [6, 6.07) is 8.63. The number of carbonyl (C=O) groups is 4. The van der Waals surface area contributed by atoms with E-state index >= 15 is 0 Å². The summed E-state index contributed by atoms with van der Waals surface area (Å²) >= 11 is 0. The Morgan fingerprint density at radius 1 is 0.974 bits per heavy atom. The number of nitro benzene ring substituents is 1. The molecule has 0 heterocycles. The number of nitro groups is 1. The van der Waals surface area contributed by atoms with Gasteiger partial charge in [-0.25, -0.2) is 0 Å². The van der Waals surface area contributed by atoms with Crippen molar-refractivity contribution in [1.82, 2.24) is 5.32 Å². The maximum absolute atomic E-state index is 14.1. The molecule has 2 aromatic rings.